The van der Waals surface area contributed by atoms with Gasteiger partial charge >= 0.3 is 5.97 Å². The van der Waals surface area contributed by atoms with Gasteiger partial charge in [-0.2, -0.15) is 0 Å². The second kappa shape index (κ2) is 13.3. The Bertz CT molecular complexity index is 1840. The van der Waals surface area contributed by atoms with Gasteiger partial charge in [0.15, 0.2) is 0 Å². The van der Waals surface area contributed by atoms with E-state index in [-0.39, 0.29) is 43.0 Å². The van der Waals surface area contributed by atoms with E-state index in [1.54, 1.807) is 26.8 Å². The molecule has 10 nitrogen and oxygen atoms in total. The number of aliphatic hydroxyl groups excluding tert-OH is 2. The van der Waals surface area contributed by atoms with Gasteiger partial charge in [0.25, 0.3) is 0 Å². The van der Waals surface area contributed by atoms with Crippen LogP contribution in [-0.2, 0) is 27.4 Å². The predicted molar refractivity (Wildman–Crippen MR) is 182 cm³/mol. The minimum atomic E-state index is -1.20. The number of ether oxygens (including phenoxy) is 4. The topological polar surface area (TPSA) is 148 Å². The zero-order valence-corrected chi connectivity index (χ0v) is 28.3. The van der Waals surface area contributed by atoms with Gasteiger partial charge in [-0.3, -0.25) is 4.79 Å². The molecular weight excluding hydrogens is 626 g/mol. The molecule has 3 heterocycles. The van der Waals surface area contributed by atoms with E-state index in [9.17, 15) is 24.9 Å². The van der Waals surface area contributed by atoms with Gasteiger partial charge in [0.05, 0.1) is 42.7 Å². The number of carbonyl (C=O) groups is 2. The largest absolute Gasteiger partial charge is 0.489 e. The van der Waals surface area contributed by atoms with Crippen molar-refractivity contribution in [3.05, 3.63) is 70.1 Å². The van der Waals surface area contributed by atoms with Crippen LogP contribution in [0.25, 0.3) is 16.5 Å². The molecule has 0 radical (unpaired) electrons. The van der Waals surface area contributed by atoms with Gasteiger partial charge in [0.2, 0.25) is 5.76 Å². The minimum Gasteiger partial charge on any atom is -0.489 e. The van der Waals surface area contributed by atoms with Crippen LogP contribution in [0.2, 0.25) is 0 Å². The highest BCUT2D eigenvalue weighted by Crippen LogP contribution is 2.56. The molecule has 3 unspecified atom stereocenters. The van der Waals surface area contributed by atoms with E-state index >= 15 is 0 Å². The molecule has 4 aliphatic rings. The maximum absolute atomic E-state index is 13.9. The van der Waals surface area contributed by atoms with Crippen molar-refractivity contribution in [2.24, 2.45) is 5.92 Å². The summed E-state index contributed by atoms with van der Waals surface area (Å²) in [6.45, 7) is 4.44. The summed E-state index contributed by atoms with van der Waals surface area (Å²) in [6, 6.07) is 7.88. The number of aliphatic hydroxyl groups is 3. The van der Waals surface area contributed by atoms with Crippen LogP contribution in [0.3, 0.4) is 0 Å². The molecule has 2 fully saturated rings. The molecule has 0 saturated heterocycles. The maximum Gasteiger partial charge on any atom is 0.374 e. The van der Waals surface area contributed by atoms with Crippen LogP contribution in [0.4, 0.5) is 0 Å². The Kier molecular flexibility index (Phi) is 9.06. The first-order valence-corrected chi connectivity index (χ1v) is 17.5. The number of aromatic nitrogens is 1. The molecule has 0 bridgehead atoms. The standard InChI is InChI=1S/C39H45NO9/c1-4-46-38(44)31-17-26(23-15-24(19-41)34(43)27(16-23)21-10-11-30-22(14-21)12-13-40-30)33-36(47-25-8-6-5-7-9-25)28-18-32(39(2,3)45)49-35(28)29(20-42)37(33)48-31/h10-14,17,24-25,27,32,40-42,45H,4-9,15-16,18-20H2,1-3H3. The van der Waals surface area contributed by atoms with Crippen LogP contribution in [0.15, 0.2) is 47.9 Å². The molecule has 2 aliphatic heterocycles. The monoisotopic (exact) mass is 671 g/mol. The Balaban J connectivity index is 1.46. The Morgan fingerprint density at radius 2 is 1.86 bits per heavy atom. The number of hydrogen-bond donors (Lipinski definition) is 4. The summed E-state index contributed by atoms with van der Waals surface area (Å²) >= 11 is 0. The third kappa shape index (κ3) is 6.15. The lowest BCUT2D eigenvalue weighted by Crippen LogP contribution is -2.39. The number of rotatable bonds is 8. The molecule has 0 amide bonds. The lowest BCUT2D eigenvalue weighted by molar-refractivity contribution is -0.141. The number of H-pyrrole nitrogens is 1. The van der Waals surface area contributed by atoms with Gasteiger partial charge in [-0.1, -0.05) is 18.1 Å². The summed E-state index contributed by atoms with van der Waals surface area (Å²) < 4.78 is 25.0. The van der Waals surface area contributed by atoms with Crippen LogP contribution in [-0.4, -0.2) is 63.1 Å². The van der Waals surface area contributed by atoms with Crippen molar-refractivity contribution in [2.75, 3.05) is 13.2 Å². The van der Waals surface area contributed by atoms with Crippen LogP contribution in [0.1, 0.15) is 93.9 Å². The fourth-order valence-corrected chi connectivity index (χ4v) is 7.85. The Labute approximate surface area is 285 Å². The third-order valence-electron chi connectivity index (χ3n) is 10.5. The van der Waals surface area contributed by atoms with Crippen molar-refractivity contribution >= 4 is 28.2 Å². The summed E-state index contributed by atoms with van der Waals surface area (Å²) in [5.41, 5.74) is 3.79. The van der Waals surface area contributed by atoms with Gasteiger partial charge < -0.3 is 39.3 Å². The van der Waals surface area contributed by atoms with E-state index < -0.39 is 36.1 Å². The number of aromatic amines is 1. The molecule has 260 valence electrons. The highest BCUT2D eigenvalue weighted by Gasteiger charge is 2.44. The van der Waals surface area contributed by atoms with E-state index in [4.69, 9.17) is 18.9 Å². The fraction of sp³-hybridized carbons (Fsp3) is 0.487. The van der Waals surface area contributed by atoms with E-state index in [0.29, 0.717) is 41.0 Å². The second-order valence-electron chi connectivity index (χ2n) is 14.2. The maximum atomic E-state index is 13.9. The number of allylic oxidation sites excluding steroid dienone is 3. The average molecular weight is 672 g/mol. The molecular formula is C39H45NO9. The zero-order valence-electron chi connectivity index (χ0n) is 28.3. The summed E-state index contributed by atoms with van der Waals surface area (Å²) in [7, 11) is 0. The number of ketones is 1. The van der Waals surface area contributed by atoms with Crippen molar-refractivity contribution in [1.29, 1.82) is 0 Å². The van der Waals surface area contributed by atoms with Gasteiger partial charge in [-0.15, -0.1) is 0 Å². The van der Waals surface area contributed by atoms with Crippen LogP contribution in [0, 0.1) is 5.92 Å². The Hall–Kier alpha value is -4.12. The van der Waals surface area contributed by atoms with Crippen molar-refractivity contribution in [3.63, 3.8) is 0 Å². The smallest absolute Gasteiger partial charge is 0.374 e. The number of esters is 1. The summed E-state index contributed by atoms with van der Waals surface area (Å²) in [5, 5.41) is 33.4. The van der Waals surface area contributed by atoms with Crippen LogP contribution >= 0.6 is 0 Å². The third-order valence-corrected chi connectivity index (χ3v) is 10.5. The highest BCUT2D eigenvalue weighted by molar-refractivity contribution is 5.99. The molecule has 4 N–H and O–H groups in total. The number of nitrogens with one attached hydrogen (secondary N) is 1. The second-order valence-corrected chi connectivity index (χ2v) is 14.2. The highest BCUT2D eigenvalue weighted by atomic mass is 16.6. The summed E-state index contributed by atoms with van der Waals surface area (Å²) in [5.74, 6) is -0.783. The average Bonchev–Trinajstić information content (AvgIpc) is 3.76. The van der Waals surface area contributed by atoms with E-state index in [2.05, 4.69) is 4.98 Å². The molecule has 0 spiro atoms. The Morgan fingerprint density at radius 1 is 1.06 bits per heavy atom. The van der Waals surface area contributed by atoms with E-state index in [0.717, 1.165) is 59.7 Å². The zero-order chi connectivity index (χ0) is 34.4. The van der Waals surface area contributed by atoms with Crippen molar-refractivity contribution in [1.82, 2.24) is 4.98 Å². The Morgan fingerprint density at radius 3 is 2.57 bits per heavy atom. The molecule has 2 aromatic carbocycles. The first kappa shape index (κ1) is 33.4. The van der Waals surface area contributed by atoms with Crippen molar-refractivity contribution < 1.29 is 43.9 Å². The van der Waals surface area contributed by atoms with Crippen molar-refractivity contribution in [2.45, 2.75) is 102 Å². The molecule has 10 heteroatoms. The van der Waals surface area contributed by atoms with Crippen LogP contribution in [0.5, 0.6) is 17.2 Å². The van der Waals surface area contributed by atoms with Gasteiger partial charge in [-0.25, -0.2) is 4.79 Å². The van der Waals surface area contributed by atoms with Crippen LogP contribution < -0.4 is 14.2 Å². The molecule has 7 rings (SSSR count). The first-order valence-electron chi connectivity index (χ1n) is 17.5. The van der Waals surface area contributed by atoms with E-state index in [1.165, 1.54) is 0 Å². The minimum absolute atomic E-state index is 0.0336. The number of hydrogen-bond acceptors (Lipinski definition) is 9. The molecule has 3 atom stereocenters. The van der Waals surface area contributed by atoms with Crippen molar-refractivity contribution in [3.8, 4) is 17.2 Å². The first-order chi connectivity index (χ1) is 23.6. The summed E-state index contributed by atoms with van der Waals surface area (Å²) in [4.78, 5) is 30.4. The summed E-state index contributed by atoms with van der Waals surface area (Å²) in [6.07, 6.45) is 8.78. The fourth-order valence-electron chi connectivity index (χ4n) is 7.85. The molecule has 3 aromatic rings. The van der Waals surface area contributed by atoms with Gasteiger partial charge in [0, 0.05) is 35.5 Å². The van der Waals surface area contributed by atoms with Gasteiger partial charge in [-0.05, 0) is 100 Å². The van der Waals surface area contributed by atoms with Gasteiger partial charge in [0.1, 0.15) is 29.1 Å². The lowest BCUT2D eigenvalue weighted by Gasteiger charge is -2.34. The molecule has 1 aromatic heterocycles. The molecule has 2 aliphatic carbocycles. The lowest BCUT2D eigenvalue weighted by atomic mass is 9.72. The SMILES string of the molecule is CCOC(=O)C1=CC(=C2CC(CO)C(=O)C(c3ccc4[nH]ccc4c3)C2)c2c(c(CO)c3c(c2OC2CCCCC2)CC(C(C)(C)O)O3)O1. The predicted octanol–water partition coefficient (Wildman–Crippen LogP) is 5.79. The quantitative estimate of drug-likeness (QED) is 0.218. The normalized spacial score (nSPS) is 24.2. The molecule has 2 saturated carbocycles. The number of benzene rings is 2. The van der Waals surface area contributed by atoms with E-state index in [1.807, 2.05) is 30.5 Å². The number of carbonyl (C=O) groups excluding carboxylic acids is 2. The number of Topliss-reactive ketones (excluding diaryl/α,β-unsaturated/α-hetero) is 1. The molecule has 49 heavy (non-hydrogen) atoms. The number of fused-ring (bicyclic) bond motifs is 3.